The van der Waals surface area contributed by atoms with Gasteiger partial charge < -0.3 is 15.3 Å². The van der Waals surface area contributed by atoms with E-state index in [1.54, 1.807) is 13.8 Å². The molecule has 0 saturated carbocycles. The summed E-state index contributed by atoms with van der Waals surface area (Å²) in [4.78, 5) is 6.83. The minimum absolute atomic E-state index is 0.260. The third-order valence-electron chi connectivity index (χ3n) is 3.76. The predicted molar refractivity (Wildman–Crippen MR) is 84.4 cm³/mol. The van der Waals surface area contributed by atoms with Crippen LogP contribution in [-0.4, -0.2) is 107 Å². The van der Waals surface area contributed by atoms with E-state index in [1.807, 2.05) is 6.92 Å². The van der Waals surface area contributed by atoms with E-state index in [0.717, 1.165) is 45.8 Å². The number of hydrogen-bond acceptors (Lipinski definition) is 6. The summed E-state index contributed by atoms with van der Waals surface area (Å²) in [5.74, 6) is 0. The van der Waals surface area contributed by atoms with Crippen LogP contribution in [0.3, 0.4) is 0 Å². The van der Waals surface area contributed by atoms with E-state index in [-0.39, 0.29) is 18.3 Å². The largest absolute Gasteiger partial charge is 0.392 e. The first-order valence-corrected chi connectivity index (χ1v) is 8.08. The lowest BCUT2D eigenvalue weighted by molar-refractivity contribution is 0.0579. The summed E-state index contributed by atoms with van der Waals surface area (Å²) >= 11 is 0. The maximum atomic E-state index is 9.52. The lowest BCUT2D eigenvalue weighted by Crippen LogP contribution is -2.50. The molecule has 21 heavy (non-hydrogen) atoms. The van der Waals surface area contributed by atoms with Gasteiger partial charge in [0, 0.05) is 58.9 Å². The Balaban J connectivity index is 2.26. The number of piperazine rings is 1. The van der Waals surface area contributed by atoms with Crippen molar-refractivity contribution in [3.8, 4) is 0 Å². The van der Waals surface area contributed by atoms with Crippen LogP contribution in [-0.2, 0) is 0 Å². The van der Waals surface area contributed by atoms with Gasteiger partial charge in [-0.2, -0.15) is 0 Å². The van der Waals surface area contributed by atoms with Crippen LogP contribution >= 0.6 is 0 Å². The molecule has 0 unspecified atom stereocenters. The second kappa shape index (κ2) is 9.71. The van der Waals surface area contributed by atoms with Gasteiger partial charge in [0.2, 0.25) is 0 Å². The fraction of sp³-hybridized carbons (Fsp3) is 1.00. The number of aliphatic hydroxyl groups excluding tert-OH is 3. The van der Waals surface area contributed by atoms with Crippen molar-refractivity contribution in [1.82, 2.24) is 14.7 Å². The van der Waals surface area contributed by atoms with Crippen molar-refractivity contribution in [2.75, 3.05) is 58.9 Å². The Bertz CT molecular complexity index is 257. The van der Waals surface area contributed by atoms with Crippen molar-refractivity contribution in [1.29, 1.82) is 0 Å². The summed E-state index contributed by atoms with van der Waals surface area (Å²) in [6.45, 7) is 13.2. The van der Waals surface area contributed by atoms with E-state index >= 15 is 0 Å². The molecule has 0 aromatic carbocycles. The molecule has 0 spiro atoms. The van der Waals surface area contributed by atoms with Crippen molar-refractivity contribution in [2.24, 2.45) is 0 Å². The van der Waals surface area contributed by atoms with Crippen LogP contribution in [0.4, 0.5) is 0 Å². The molecule has 6 heteroatoms. The molecule has 0 radical (unpaired) electrons. The Morgan fingerprint density at radius 1 is 0.810 bits per heavy atom. The smallest absolute Gasteiger partial charge is 0.0639 e. The van der Waals surface area contributed by atoms with Crippen molar-refractivity contribution < 1.29 is 15.3 Å². The number of rotatable bonds is 9. The molecular weight excluding hydrogens is 270 g/mol. The van der Waals surface area contributed by atoms with Gasteiger partial charge in [0.05, 0.1) is 18.3 Å². The van der Waals surface area contributed by atoms with Gasteiger partial charge in [-0.1, -0.05) is 0 Å². The molecule has 0 bridgehead atoms. The first-order chi connectivity index (χ1) is 9.86. The highest BCUT2D eigenvalue weighted by Crippen LogP contribution is 2.04. The SMILES string of the molecule is C[C@H](O)CN1CCN(CCN(C[C@H](C)O)C[C@H](C)O)CC1. The molecular formula is C15H33N3O3. The minimum Gasteiger partial charge on any atom is -0.392 e. The van der Waals surface area contributed by atoms with Gasteiger partial charge in [0.15, 0.2) is 0 Å². The van der Waals surface area contributed by atoms with Crippen LogP contribution in [0.2, 0.25) is 0 Å². The number of hydrogen-bond donors (Lipinski definition) is 3. The lowest BCUT2D eigenvalue weighted by Gasteiger charge is -2.36. The van der Waals surface area contributed by atoms with E-state index in [9.17, 15) is 15.3 Å². The second-order valence-electron chi connectivity index (χ2n) is 6.45. The number of nitrogens with zero attached hydrogens (tertiary/aromatic N) is 3. The Kier molecular flexibility index (Phi) is 8.70. The molecule has 1 aliphatic heterocycles. The third kappa shape index (κ3) is 8.70. The number of β-amino-alcohol motifs (C(OH)–C–C–N with tert-alkyl or cyclic N) is 1. The van der Waals surface area contributed by atoms with Crippen molar-refractivity contribution in [3.05, 3.63) is 0 Å². The molecule has 1 heterocycles. The molecule has 1 saturated heterocycles. The van der Waals surface area contributed by atoms with Gasteiger partial charge in [0.1, 0.15) is 0 Å². The summed E-state index contributed by atoms with van der Waals surface area (Å²) in [7, 11) is 0. The Hall–Kier alpha value is -0.240. The van der Waals surface area contributed by atoms with Crippen molar-refractivity contribution >= 4 is 0 Å². The van der Waals surface area contributed by atoms with E-state index in [1.165, 1.54) is 0 Å². The quantitative estimate of drug-likeness (QED) is 0.510. The zero-order chi connectivity index (χ0) is 15.8. The Morgan fingerprint density at radius 3 is 1.71 bits per heavy atom. The van der Waals surface area contributed by atoms with Crippen LogP contribution in [0.5, 0.6) is 0 Å². The van der Waals surface area contributed by atoms with E-state index < -0.39 is 0 Å². The fourth-order valence-corrected chi connectivity index (χ4v) is 2.86. The summed E-state index contributed by atoms with van der Waals surface area (Å²) < 4.78 is 0. The van der Waals surface area contributed by atoms with Crippen LogP contribution in [0, 0.1) is 0 Å². The lowest BCUT2D eigenvalue weighted by atomic mass is 10.2. The second-order valence-corrected chi connectivity index (χ2v) is 6.45. The van der Waals surface area contributed by atoms with Crippen molar-refractivity contribution in [2.45, 2.75) is 39.1 Å². The molecule has 6 nitrogen and oxygen atoms in total. The van der Waals surface area contributed by atoms with Crippen molar-refractivity contribution in [3.63, 3.8) is 0 Å². The zero-order valence-corrected chi connectivity index (χ0v) is 13.8. The first-order valence-electron chi connectivity index (χ1n) is 8.08. The minimum atomic E-state index is -0.369. The summed E-state index contributed by atoms with van der Waals surface area (Å²) in [6, 6.07) is 0. The highest BCUT2D eigenvalue weighted by Gasteiger charge is 2.19. The van der Waals surface area contributed by atoms with Gasteiger partial charge in [0.25, 0.3) is 0 Å². The van der Waals surface area contributed by atoms with E-state index in [4.69, 9.17) is 0 Å². The molecule has 0 aromatic rings. The zero-order valence-electron chi connectivity index (χ0n) is 13.8. The Labute approximate surface area is 129 Å². The van der Waals surface area contributed by atoms with Gasteiger partial charge >= 0.3 is 0 Å². The molecule has 0 amide bonds. The topological polar surface area (TPSA) is 70.4 Å². The standard InChI is InChI=1S/C15H33N3O3/c1-13(19)10-17-7-4-16(5-8-17)6-9-18(11-14(2)20)12-15(3)21/h13-15,19-21H,4-12H2,1-3H3/t13-,14-,15-/m0/s1. The van der Waals surface area contributed by atoms with E-state index in [0.29, 0.717) is 13.1 Å². The maximum Gasteiger partial charge on any atom is 0.0639 e. The van der Waals surface area contributed by atoms with Gasteiger partial charge in [-0.25, -0.2) is 0 Å². The maximum absolute atomic E-state index is 9.52. The molecule has 1 rings (SSSR count). The average molecular weight is 303 g/mol. The Morgan fingerprint density at radius 2 is 1.29 bits per heavy atom. The molecule has 0 aromatic heterocycles. The first kappa shape index (κ1) is 18.8. The summed E-state index contributed by atoms with van der Waals surface area (Å²) in [6.07, 6.45) is -0.998. The van der Waals surface area contributed by atoms with Crippen LogP contribution in [0.15, 0.2) is 0 Å². The molecule has 0 aliphatic carbocycles. The molecule has 1 fully saturated rings. The van der Waals surface area contributed by atoms with Gasteiger partial charge in [-0.15, -0.1) is 0 Å². The molecule has 3 N–H and O–H groups in total. The predicted octanol–water partition coefficient (Wildman–Crippen LogP) is -0.952. The summed E-state index contributed by atoms with van der Waals surface area (Å²) in [5, 5.41) is 28.5. The fourth-order valence-electron chi connectivity index (χ4n) is 2.86. The highest BCUT2D eigenvalue weighted by molar-refractivity contribution is 4.75. The molecule has 1 aliphatic rings. The molecule has 126 valence electrons. The van der Waals surface area contributed by atoms with Gasteiger partial charge in [-0.05, 0) is 20.8 Å². The van der Waals surface area contributed by atoms with E-state index in [2.05, 4.69) is 14.7 Å². The van der Waals surface area contributed by atoms with Gasteiger partial charge in [-0.3, -0.25) is 14.7 Å². The van der Waals surface area contributed by atoms with Crippen LogP contribution < -0.4 is 0 Å². The average Bonchev–Trinajstić information content (AvgIpc) is 2.35. The monoisotopic (exact) mass is 303 g/mol. The number of aliphatic hydroxyl groups is 3. The molecule has 3 atom stereocenters. The third-order valence-corrected chi connectivity index (χ3v) is 3.76. The summed E-state index contributed by atoms with van der Waals surface area (Å²) in [5.41, 5.74) is 0. The highest BCUT2D eigenvalue weighted by atomic mass is 16.3. The van der Waals surface area contributed by atoms with Crippen LogP contribution in [0.25, 0.3) is 0 Å². The van der Waals surface area contributed by atoms with Crippen LogP contribution in [0.1, 0.15) is 20.8 Å². The normalized spacial score (nSPS) is 22.4.